The Balaban J connectivity index is 1.25. The highest BCUT2D eigenvalue weighted by molar-refractivity contribution is 5.87. The van der Waals surface area contributed by atoms with Gasteiger partial charge in [0, 0.05) is 6.08 Å². The third kappa shape index (κ3) is 9.79. The predicted octanol–water partition coefficient (Wildman–Crippen LogP) is -1.96. The summed E-state index contributed by atoms with van der Waals surface area (Å²) in [6, 6.07) is 12.4. The van der Waals surface area contributed by atoms with Crippen LogP contribution in [-0.2, 0) is 44.4 Å². The molecule has 0 aromatic heterocycles. The van der Waals surface area contributed by atoms with E-state index in [-0.39, 0.29) is 18.1 Å². The maximum absolute atomic E-state index is 12.9. The van der Waals surface area contributed by atoms with Crippen LogP contribution in [0.3, 0.4) is 0 Å². The van der Waals surface area contributed by atoms with E-state index in [0.29, 0.717) is 12.0 Å². The summed E-state index contributed by atoms with van der Waals surface area (Å²) in [5, 5.41) is 92.6. The van der Waals surface area contributed by atoms with Crippen molar-refractivity contribution in [1.29, 1.82) is 0 Å². The van der Waals surface area contributed by atoms with Crippen LogP contribution in [0.1, 0.15) is 18.1 Å². The predicted molar refractivity (Wildman–Crippen MR) is 170 cm³/mol. The standard InChI is InChI=1S/C34H44O17/c1-16-30(50-23(38)11-6-17-2-7-19(35)8-3-17)31(51-33-27(42)24(39)21(37)14-46-33)29(44)34(48-16)47-15-22-25(40)26(41)28(43)32(49-22)45-13-12-18-4-9-20(36)10-5-18/h2-11,16,21-22,24-37,39-44H,12-15H2,1H3/t16-,21+,22+,24-,25+,26-,27+,28+,29+,30-,31-,32+,33-,34+/m0/s1. The van der Waals surface area contributed by atoms with E-state index in [4.69, 9.17) is 33.2 Å². The van der Waals surface area contributed by atoms with E-state index in [1.54, 1.807) is 24.3 Å². The number of hydrogen-bond acceptors (Lipinski definition) is 17. The number of hydrogen-bond donors (Lipinski definition) is 9. The molecule has 0 bridgehead atoms. The van der Waals surface area contributed by atoms with Crippen LogP contribution in [0.15, 0.2) is 54.6 Å². The molecule has 0 unspecified atom stereocenters. The summed E-state index contributed by atoms with van der Waals surface area (Å²) in [5.74, 6) is -0.738. The monoisotopic (exact) mass is 724 g/mol. The third-order valence-electron chi connectivity index (χ3n) is 8.76. The Kier molecular flexibility index (Phi) is 13.4. The number of aliphatic hydroxyl groups excluding tert-OH is 7. The fraction of sp³-hybridized carbons (Fsp3) is 0.559. The highest BCUT2D eigenvalue weighted by Crippen LogP contribution is 2.31. The van der Waals surface area contributed by atoms with Gasteiger partial charge >= 0.3 is 5.97 Å². The van der Waals surface area contributed by atoms with Crippen molar-refractivity contribution in [2.24, 2.45) is 0 Å². The number of aliphatic hydroxyl groups is 7. The summed E-state index contributed by atoms with van der Waals surface area (Å²) in [5.41, 5.74) is 1.39. The van der Waals surface area contributed by atoms with Gasteiger partial charge in [0.1, 0.15) is 66.4 Å². The van der Waals surface area contributed by atoms with Crippen molar-refractivity contribution >= 4 is 12.0 Å². The van der Waals surface area contributed by atoms with Crippen LogP contribution in [0.2, 0.25) is 0 Å². The molecule has 2 aromatic rings. The lowest BCUT2D eigenvalue weighted by molar-refractivity contribution is -0.354. The van der Waals surface area contributed by atoms with E-state index in [2.05, 4.69) is 0 Å². The number of carbonyl (C=O) groups is 1. The summed E-state index contributed by atoms with van der Waals surface area (Å²) < 4.78 is 39.7. The van der Waals surface area contributed by atoms with Crippen LogP contribution in [0.4, 0.5) is 0 Å². The summed E-state index contributed by atoms with van der Waals surface area (Å²) in [4.78, 5) is 12.9. The first-order chi connectivity index (χ1) is 24.3. The molecular formula is C34H44O17. The number of rotatable bonds is 12. The van der Waals surface area contributed by atoms with Crippen molar-refractivity contribution in [3.63, 3.8) is 0 Å². The minimum absolute atomic E-state index is 0.0341. The van der Waals surface area contributed by atoms with Crippen molar-refractivity contribution in [3.05, 3.63) is 65.7 Å². The van der Waals surface area contributed by atoms with E-state index in [9.17, 15) is 50.8 Å². The second-order valence-corrected chi connectivity index (χ2v) is 12.5. The fourth-order valence-electron chi connectivity index (χ4n) is 5.76. The van der Waals surface area contributed by atoms with Crippen LogP contribution in [0.25, 0.3) is 6.08 Å². The van der Waals surface area contributed by atoms with Gasteiger partial charge in [-0.05, 0) is 54.8 Å². The second kappa shape index (κ2) is 17.5. The van der Waals surface area contributed by atoms with Crippen LogP contribution in [0.5, 0.6) is 11.5 Å². The Hall–Kier alpha value is -3.27. The van der Waals surface area contributed by atoms with Crippen molar-refractivity contribution in [1.82, 2.24) is 0 Å². The van der Waals surface area contributed by atoms with Gasteiger partial charge in [0.05, 0.1) is 25.9 Å². The van der Waals surface area contributed by atoms with Gasteiger partial charge in [-0.3, -0.25) is 0 Å². The first-order valence-electron chi connectivity index (χ1n) is 16.4. The zero-order valence-electron chi connectivity index (χ0n) is 27.5. The number of aromatic hydroxyl groups is 2. The van der Waals surface area contributed by atoms with E-state index in [1.807, 2.05) is 0 Å². The molecule has 0 amide bonds. The number of phenolic OH excluding ortho intramolecular Hbond substituents is 2. The Bertz CT molecular complexity index is 1420. The molecule has 3 aliphatic heterocycles. The van der Waals surface area contributed by atoms with Gasteiger partial charge in [0.15, 0.2) is 25.0 Å². The van der Waals surface area contributed by atoms with E-state index < -0.39 is 105 Å². The molecular weight excluding hydrogens is 680 g/mol. The highest BCUT2D eigenvalue weighted by Gasteiger charge is 2.51. The fourth-order valence-corrected chi connectivity index (χ4v) is 5.76. The van der Waals surface area contributed by atoms with Crippen molar-refractivity contribution in [2.45, 2.75) is 99.4 Å². The number of phenols is 2. The molecule has 9 N–H and O–H groups in total. The maximum Gasteiger partial charge on any atom is 0.331 e. The van der Waals surface area contributed by atoms with Gasteiger partial charge in [-0.1, -0.05) is 24.3 Å². The SMILES string of the molecule is C[C@@H]1O[C@@H](OC[C@H]2O[C@@H](OCCc3ccc(O)cc3)[C@H](O)[C@@H](O)[C@@H]2O)[C@H](O)[C@H](O[C@@H]2OC[C@@H](O)[C@H](O)[C@H]2O)[C@H]1OC(=O)C=Cc1ccc(O)cc1. The topological polar surface area (TPSA) is 264 Å². The molecule has 0 saturated carbocycles. The largest absolute Gasteiger partial charge is 0.508 e. The summed E-state index contributed by atoms with van der Waals surface area (Å²) in [7, 11) is 0. The van der Waals surface area contributed by atoms with Crippen LogP contribution in [-0.4, -0.2) is 158 Å². The Morgan fingerprint density at radius 2 is 1.37 bits per heavy atom. The van der Waals surface area contributed by atoms with Crippen LogP contribution >= 0.6 is 0 Å². The van der Waals surface area contributed by atoms with Gasteiger partial charge in [-0.2, -0.15) is 0 Å². The quantitative estimate of drug-likeness (QED) is 0.0850. The molecule has 51 heavy (non-hydrogen) atoms. The third-order valence-corrected chi connectivity index (χ3v) is 8.76. The molecule has 3 heterocycles. The van der Waals surface area contributed by atoms with Gasteiger partial charge < -0.3 is 79.1 Å². The highest BCUT2D eigenvalue weighted by atomic mass is 16.7. The summed E-state index contributed by atoms with van der Waals surface area (Å²) in [6.07, 6.45) is -18.3. The summed E-state index contributed by atoms with van der Waals surface area (Å²) in [6.45, 7) is 0.619. The smallest absolute Gasteiger partial charge is 0.331 e. The molecule has 17 nitrogen and oxygen atoms in total. The first-order valence-corrected chi connectivity index (χ1v) is 16.4. The normalized spacial score (nSPS) is 37.3. The molecule has 3 aliphatic rings. The van der Waals surface area contributed by atoms with Gasteiger partial charge in [0.2, 0.25) is 0 Å². The van der Waals surface area contributed by atoms with Crippen molar-refractivity contribution in [3.8, 4) is 11.5 Å². The lowest BCUT2D eigenvalue weighted by Gasteiger charge is -2.46. The number of ether oxygens (including phenoxy) is 7. The maximum atomic E-state index is 12.9. The summed E-state index contributed by atoms with van der Waals surface area (Å²) >= 11 is 0. The lowest BCUT2D eigenvalue weighted by atomic mass is 9.98. The first kappa shape index (κ1) is 38.9. The molecule has 17 heteroatoms. The molecule has 3 saturated heterocycles. The molecule has 14 atom stereocenters. The molecule has 3 fully saturated rings. The Morgan fingerprint density at radius 3 is 2.06 bits per heavy atom. The number of esters is 1. The molecule has 0 aliphatic carbocycles. The van der Waals surface area contributed by atoms with E-state index in [1.165, 1.54) is 37.3 Å². The Morgan fingerprint density at radius 1 is 0.745 bits per heavy atom. The molecule has 2 aromatic carbocycles. The van der Waals surface area contributed by atoms with Crippen LogP contribution in [0, 0.1) is 0 Å². The van der Waals surface area contributed by atoms with Crippen molar-refractivity contribution in [2.75, 3.05) is 19.8 Å². The lowest BCUT2D eigenvalue weighted by Crippen LogP contribution is -2.64. The zero-order chi connectivity index (χ0) is 36.8. The second-order valence-electron chi connectivity index (χ2n) is 12.5. The minimum atomic E-state index is -1.76. The van der Waals surface area contributed by atoms with Gasteiger partial charge in [-0.15, -0.1) is 0 Å². The number of carbonyl (C=O) groups excluding carboxylic acids is 1. The number of benzene rings is 2. The average Bonchev–Trinajstić information content (AvgIpc) is 3.11. The Labute approximate surface area is 292 Å². The average molecular weight is 725 g/mol. The van der Waals surface area contributed by atoms with Crippen LogP contribution < -0.4 is 0 Å². The minimum Gasteiger partial charge on any atom is -0.508 e. The van der Waals surface area contributed by atoms with Crippen molar-refractivity contribution < 1.29 is 83.9 Å². The molecule has 0 radical (unpaired) electrons. The molecule has 0 spiro atoms. The zero-order valence-corrected chi connectivity index (χ0v) is 27.5. The molecule has 282 valence electrons. The molecule has 5 rings (SSSR count). The van der Waals surface area contributed by atoms with Gasteiger partial charge in [-0.25, -0.2) is 4.79 Å². The van der Waals surface area contributed by atoms with E-state index >= 15 is 0 Å². The van der Waals surface area contributed by atoms with Gasteiger partial charge in [0.25, 0.3) is 0 Å². The van der Waals surface area contributed by atoms with E-state index in [0.717, 1.165) is 11.6 Å².